The van der Waals surface area contributed by atoms with E-state index >= 15 is 0 Å². The Labute approximate surface area is 364 Å². The van der Waals surface area contributed by atoms with E-state index in [1.807, 2.05) is 72.8 Å². The minimum Gasteiger partial charge on any atom is -0.492 e. The summed E-state index contributed by atoms with van der Waals surface area (Å²) in [5.41, 5.74) is 14.0. The van der Waals surface area contributed by atoms with Gasteiger partial charge in [0.2, 0.25) is 11.8 Å². The Morgan fingerprint density at radius 1 is 0.820 bits per heavy atom. The number of nitrogens with zero attached hydrogens (tertiary/aromatic N) is 2. The number of carbonyl (C=O) groups is 3. The molecule has 0 radical (unpaired) electrons. The zero-order chi connectivity index (χ0) is 43.6. The van der Waals surface area contributed by atoms with E-state index in [1.165, 1.54) is 5.56 Å². The van der Waals surface area contributed by atoms with Gasteiger partial charge in [0.1, 0.15) is 23.8 Å². The van der Waals surface area contributed by atoms with Crippen LogP contribution in [-0.2, 0) is 38.9 Å². The number of unbranched alkanes of at least 4 members (excludes halogenated alkanes) is 4. The fourth-order valence-electron chi connectivity index (χ4n) is 7.04. The number of esters is 1. The molecule has 0 fully saturated rings. The Kier molecular flexibility index (Phi) is 18.2. The highest BCUT2D eigenvalue weighted by atomic mass is 32.5. The molecule has 0 spiro atoms. The number of rotatable bonds is 23. The lowest BCUT2D eigenvalue weighted by Crippen LogP contribution is -2.33. The highest BCUT2D eigenvalue weighted by Gasteiger charge is 2.27. The van der Waals surface area contributed by atoms with Gasteiger partial charge in [-0.05, 0) is 103 Å². The first kappa shape index (κ1) is 46.9. The zero-order valence-electron chi connectivity index (χ0n) is 35.4. The van der Waals surface area contributed by atoms with Gasteiger partial charge in [0, 0.05) is 43.7 Å². The molecular formula is C47H58N5O7PS. The van der Waals surface area contributed by atoms with Crippen molar-refractivity contribution in [3.8, 4) is 11.5 Å². The molecule has 1 aliphatic rings. The predicted molar refractivity (Wildman–Crippen MR) is 244 cm³/mol. The van der Waals surface area contributed by atoms with E-state index in [2.05, 4.69) is 29.6 Å². The Morgan fingerprint density at radius 3 is 2.21 bits per heavy atom. The molecule has 12 nitrogen and oxygen atoms in total. The minimum absolute atomic E-state index is 0.0278. The van der Waals surface area contributed by atoms with Crippen LogP contribution in [0.2, 0.25) is 0 Å². The van der Waals surface area contributed by atoms with Gasteiger partial charge in [-0.25, -0.2) is 10.3 Å². The number of para-hydroxylation sites is 1. The summed E-state index contributed by atoms with van der Waals surface area (Å²) in [5, 5.41) is 10.4. The lowest BCUT2D eigenvalue weighted by molar-refractivity contribution is -0.122. The van der Waals surface area contributed by atoms with Gasteiger partial charge in [-0.3, -0.25) is 9.59 Å². The van der Waals surface area contributed by atoms with Crippen LogP contribution in [0.1, 0.15) is 97.8 Å². The maximum Gasteiger partial charge on any atom is 0.343 e. The predicted octanol–water partition coefficient (Wildman–Crippen LogP) is 9.66. The van der Waals surface area contributed by atoms with Crippen molar-refractivity contribution >= 4 is 53.2 Å². The fraction of sp³-hybridized carbons (Fsp3) is 0.383. The quantitative estimate of drug-likeness (QED) is 0.0187. The average molecular weight is 868 g/mol. The van der Waals surface area contributed by atoms with Crippen molar-refractivity contribution in [2.24, 2.45) is 11.0 Å². The van der Waals surface area contributed by atoms with Gasteiger partial charge >= 0.3 is 5.97 Å². The Hall–Kier alpha value is -5.20. The molecule has 0 aromatic heterocycles. The van der Waals surface area contributed by atoms with Gasteiger partial charge in [0.25, 0.3) is 0 Å². The number of hydrogen-bond acceptors (Lipinski definition) is 10. The normalized spacial score (nSPS) is 14.5. The van der Waals surface area contributed by atoms with Crippen LogP contribution in [-0.4, -0.2) is 55.6 Å². The van der Waals surface area contributed by atoms with Crippen molar-refractivity contribution in [1.82, 2.24) is 10.6 Å². The summed E-state index contributed by atoms with van der Waals surface area (Å²) >= 11 is 4.88. The Bertz CT molecular complexity index is 2170. The first-order valence-electron chi connectivity index (χ1n) is 21.0. The monoisotopic (exact) mass is 867 g/mol. The number of hydrogen-bond donors (Lipinski definition) is 4. The number of ether oxygens (including phenoxy) is 2. The van der Waals surface area contributed by atoms with Crippen LogP contribution in [0.4, 0.5) is 5.69 Å². The van der Waals surface area contributed by atoms with Crippen LogP contribution in [0.15, 0.2) is 102 Å². The standard InChI is InChI=1S/C47H58N5O7PS/c1-34(2)32-35-20-24-39(25-21-35)59-47(55)36-22-26-38(27-23-36)57-31-29-50-45-40-15-7-6-14-37(40)33-52(42-17-9-8-16-41(42)46(45)51-48)44(54)19-11-10-18-43(53)49-28-12-4-5-13-30-58-60(3,56)61/h6-9,14-17,20-27,34,48,50H,4-5,10-13,18-19,28-33H2,1-3H3,(H,49,53)(H,56,61)/b46-45-,51-48?. The molecular weight excluding hydrogens is 810 g/mol. The largest absolute Gasteiger partial charge is 0.492 e. The van der Waals surface area contributed by atoms with Crippen LogP contribution in [0.5, 0.6) is 11.5 Å². The summed E-state index contributed by atoms with van der Waals surface area (Å²) in [6.45, 7) is 5.30. The van der Waals surface area contributed by atoms with Crippen molar-refractivity contribution in [3.05, 3.63) is 125 Å². The van der Waals surface area contributed by atoms with Crippen LogP contribution < -0.4 is 25.0 Å². The molecule has 61 heavy (non-hydrogen) atoms. The number of fused-ring (bicyclic) bond motifs is 2. The molecule has 5 rings (SSSR count). The SMILES string of the molecule is CC(C)Cc1ccc(OC(=O)c2ccc(OCCN/C3=C(\N=N)c4ccccc4N(C(=O)CCCCC(=O)NCCCCCCOP(C)(O)=S)Cc4ccccc43)cc2)cc1. The highest BCUT2D eigenvalue weighted by Crippen LogP contribution is 2.38. The third kappa shape index (κ3) is 15.0. The van der Waals surface area contributed by atoms with E-state index in [-0.39, 0.29) is 24.8 Å². The number of benzene rings is 4. The number of nitrogens with one attached hydrogen (secondary N) is 3. The van der Waals surface area contributed by atoms with E-state index in [4.69, 9.17) is 31.3 Å². The maximum absolute atomic E-state index is 13.9. The van der Waals surface area contributed by atoms with Crippen molar-refractivity contribution in [3.63, 3.8) is 0 Å². The Morgan fingerprint density at radius 2 is 1.49 bits per heavy atom. The average Bonchev–Trinajstić information content (AvgIpc) is 3.23. The van der Waals surface area contributed by atoms with Gasteiger partial charge in [0.05, 0.1) is 30.1 Å². The third-order valence-corrected chi connectivity index (χ3v) is 11.0. The first-order chi connectivity index (χ1) is 29.4. The second-order valence-corrected chi connectivity index (χ2v) is 19.4. The van der Waals surface area contributed by atoms with Gasteiger partial charge in [-0.2, -0.15) is 5.11 Å². The highest BCUT2D eigenvalue weighted by molar-refractivity contribution is 8.09. The molecule has 14 heteroatoms. The molecule has 1 aliphatic heterocycles. The van der Waals surface area contributed by atoms with Gasteiger partial charge in [0.15, 0.2) is 6.49 Å². The molecule has 1 heterocycles. The molecule has 1 atom stereocenters. The van der Waals surface area contributed by atoms with Crippen LogP contribution in [0.3, 0.4) is 0 Å². The Balaban J connectivity index is 1.14. The summed E-state index contributed by atoms with van der Waals surface area (Å²) in [4.78, 5) is 50.5. The molecule has 324 valence electrons. The number of anilines is 1. The van der Waals surface area contributed by atoms with Crippen LogP contribution in [0.25, 0.3) is 11.4 Å². The molecule has 0 saturated carbocycles. The van der Waals surface area contributed by atoms with Crippen LogP contribution >= 0.6 is 6.49 Å². The van der Waals surface area contributed by atoms with Gasteiger partial charge in [-0.15, -0.1) is 0 Å². The molecule has 2 amide bonds. The van der Waals surface area contributed by atoms with Gasteiger partial charge < -0.3 is 34.4 Å². The van der Waals surface area contributed by atoms with E-state index < -0.39 is 12.5 Å². The molecule has 4 N–H and O–H groups in total. The maximum atomic E-state index is 13.9. The summed E-state index contributed by atoms with van der Waals surface area (Å²) in [7, 11) is 0. The lowest BCUT2D eigenvalue weighted by Gasteiger charge is -2.30. The minimum atomic E-state index is -2.60. The van der Waals surface area contributed by atoms with E-state index in [1.54, 1.807) is 35.8 Å². The number of amides is 2. The topological polar surface area (TPSA) is 163 Å². The van der Waals surface area contributed by atoms with Crippen molar-refractivity contribution in [2.75, 3.05) is 37.9 Å². The lowest BCUT2D eigenvalue weighted by atomic mass is 9.95. The van der Waals surface area contributed by atoms with Gasteiger partial charge in [-0.1, -0.05) is 81.3 Å². The molecule has 0 aliphatic carbocycles. The third-order valence-electron chi connectivity index (χ3n) is 10.0. The van der Waals surface area contributed by atoms with Crippen molar-refractivity contribution in [2.45, 2.75) is 78.2 Å². The summed E-state index contributed by atoms with van der Waals surface area (Å²) in [5.74, 6) is 1.07. The first-order valence-corrected chi connectivity index (χ1v) is 24.1. The summed E-state index contributed by atoms with van der Waals surface area (Å²) in [6, 6.07) is 29.7. The second kappa shape index (κ2) is 23.7. The zero-order valence-corrected chi connectivity index (χ0v) is 37.1. The summed E-state index contributed by atoms with van der Waals surface area (Å²) < 4.78 is 16.9. The van der Waals surface area contributed by atoms with E-state index in [9.17, 15) is 19.3 Å². The van der Waals surface area contributed by atoms with E-state index in [0.717, 1.165) is 43.2 Å². The smallest absolute Gasteiger partial charge is 0.343 e. The molecule has 4 aromatic rings. The molecule has 1 unspecified atom stereocenters. The van der Waals surface area contributed by atoms with E-state index in [0.29, 0.717) is 91.1 Å². The number of carbonyl (C=O) groups excluding carboxylic acids is 3. The molecule has 4 aromatic carbocycles. The molecule has 0 saturated heterocycles. The molecule has 0 bridgehead atoms. The fourth-order valence-corrected chi connectivity index (χ4v) is 7.73. The van der Waals surface area contributed by atoms with Crippen LogP contribution in [0, 0.1) is 11.4 Å². The second-order valence-electron chi connectivity index (χ2n) is 15.5. The summed E-state index contributed by atoms with van der Waals surface area (Å²) in [6.07, 6.45) is 6.26. The van der Waals surface area contributed by atoms with Crippen molar-refractivity contribution in [1.29, 1.82) is 5.53 Å². The van der Waals surface area contributed by atoms with Crippen molar-refractivity contribution < 1.29 is 33.3 Å².